The van der Waals surface area contributed by atoms with E-state index in [1.54, 1.807) is 0 Å². The van der Waals surface area contributed by atoms with Crippen molar-refractivity contribution in [2.24, 2.45) is 0 Å². The summed E-state index contributed by atoms with van der Waals surface area (Å²) in [7, 11) is 0. The highest BCUT2D eigenvalue weighted by Gasteiger charge is 2.04. The molecule has 0 fully saturated rings. The molecule has 0 spiro atoms. The van der Waals surface area contributed by atoms with Crippen LogP contribution in [0.3, 0.4) is 0 Å². The molecule has 0 radical (unpaired) electrons. The van der Waals surface area contributed by atoms with Gasteiger partial charge in [0, 0.05) is 4.47 Å². The molecule has 78 valence electrons. The largest absolute Gasteiger partial charge is 0.491 e. The number of alkyl halides is 1. The van der Waals surface area contributed by atoms with Gasteiger partial charge >= 0.3 is 0 Å². The molecule has 0 aliphatic carbocycles. The topological polar surface area (TPSA) is 29.5 Å². The highest BCUT2D eigenvalue weighted by atomic mass is 79.9. The zero-order valence-electron chi connectivity index (χ0n) is 7.84. The summed E-state index contributed by atoms with van der Waals surface area (Å²) in [6.45, 7) is 2.18. The lowest BCUT2D eigenvalue weighted by molar-refractivity contribution is 0.125. The van der Waals surface area contributed by atoms with E-state index in [-0.39, 0.29) is 12.5 Å². The summed E-state index contributed by atoms with van der Waals surface area (Å²) in [5.74, 6) is 0.965. The minimum Gasteiger partial charge on any atom is -0.491 e. The molecule has 0 heterocycles. The molecule has 4 heteroatoms. The quantitative estimate of drug-likeness (QED) is 0.859. The second-order valence-electron chi connectivity index (χ2n) is 3.03. The molecule has 0 aliphatic heterocycles. The second kappa shape index (κ2) is 5.59. The van der Waals surface area contributed by atoms with Crippen LogP contribution in [0, 0.1) is 6.92 Å². The third kappa shape index (κ3) is 3.48. The van der Waals surface area contributed by atoms with Crippen LogP contribution < -0.4 is 4.74 Å². The van der Waals surface area contributed by atoms with E-state index in [1.807, 2.05) is 25.1 Å². The standard InChI is InChI=1S/C10H12BrClO2/c1-7-4-8(11)2-3-10(7)14-6-9(13)5-12/h2-4,9,13H,5-6H2,1H3. The minimum atomic E-state index is -0.611. The molecule has 1 N–H and O–H groups in total. The number of rotatable bonds is 4. The van der Waals surface area contributed by atoms with Crippen LogP contribution >= 0.6 is 27.5 Å². The maximum absolute atomic E-state index is 9.20. The lowest BCUT2D eigenvalue weighted by Crippen LogP contribution is -2.19. The van der Waals surface area contributed by atoms with E-state index in [0.717, 1.165) is 15.8 Å². The van der Waals surface area contributed by atoms with E-state index in [1.165, 1.54) is 0 Å². The predicted octanol–water partition coefficient (Wildman–Crippen LogP) is 2.74. The predicted molar refractivity (Wildman–Crippen MR) is 61.1 cm³/mol. The summed E-state index contributed by atoms with van der Waals surface area (Å²) < 4.78 is 6.40. The Labute approximate surface area is 97.0 Å². The SMILES string of the molecule is Cc1cc(Br)ccc1OCC(O)CCl. The first-order valence-electron chi connectivity index (χ1n) is 4.26. The number of aryl methyl sites for hydroxylation is 1. The molecule has 2 nitrogen and oxygen atoms in total. The van der Waals surface area contributed by atoms with Crippen LogP contribution in [0.25, 0.3) is 0 Å². The van der Waals surface area contributed by atoms with Crippen molar-refractivity contribution in [3.05, 3.63) is 28.2 Å². The molecule has 0 saturated carbocycles. The molecule has 1 atom stereocenters. The van der Waals surface area contributed by atoms with Gasteiger partial charge in [0.25, 0.3) is 0 Å². The molecular weight excluding hydrogens is 267 g/mol. The highest BCUT2D eigenvalue weighted by Crippen LogP contribution is 2.22. The fraction of sp³-hybridized carbons (Fsp3) is 0.400. The monoisotopic (exact) mass is 278 g/mol. The molecule has 0 saturated heterocycles. The van der Waals surface area contributed by atoms with Crippen molar-refractivity contribution < 1.29 is 9.84 Å². The van der Waals surface area contributed by atoms with Gasteiger partial charge in [-0.05, 0) is 30.7 Å². The van der Waals surface area contributed by atoms with Crippen molar-refractivity contribution >= 4 is 27.5 Å². The van der Waals surface area contributed by atoms with Gasteiger partial charge in [0.15, 0.2) is 0 Å². The fourth-order valence-electron chi connectivity index (χ4n) is 1.01. The van der Waals surface area contributed by atoms with Crippen molar-refractivity contribution in [3.8, 4) is 5.75 Å². The van der Waals surface area contributed by atoms with Gasteiger partial charge in [0.05, 0.1) is 5.88 Å². The van der Waals surface area contributed by atoms with Crippen molar-refractivity contribution in [3.63, 3.8) is 0 Å². The molecule has 0 amide bonds. The Morgan fingerprint density at radius 1 is 1.57 bits per heavy atom. The van der Waals surface area contributed by atoms with Gasteiger partial charge < -0.3 is 9.84 Å². The molecule has 1 aromatic rings. The Morgan fingerprint density at radius 3 is 2.86 bits per heavy atom. The average Bonchev–Trinajstić information content (AvgIpc) is 2.16. The Bertz CT molecular complexity index is 304. The molecule has 1 aromatic carbocycles. The van der Waals surface area contributed by atoms with Crippen molar-refractivity contribution in [2.75, 3.05) is 12.5 Å². The number of benzene rings is 1. The number of aliphatic hydroxyl groups excluding tert-OH is 1. The van der Waals surface area contributed by atoms with Crippen molar-refractivity contribution in [1.29, 1.82) is 0 Å². The zero-order chi connectivity index (χ0) is 10.6. The molecule has 0 bridgehead atoms. The molecular formula is C10H12BrClO2. The van der Waals surface area contributed by atoms with Crippen molar-refractivity contribution in [1.82, 2.24) is 0 Å². The first kappa shape index (κ1) is 11.8. The van der Waals surface area contributed by atoms with Crippen LogP contribution in [0.5, 0.6) is 5.75 Å². The Hall–Kier alpha value is -0.250. The zero-order valence-corrected chi connectivity index (χ0v) is 10.2. The lowest BCUT2D eigenvalue weighted by atomic mass is 10.2. The smallest absolute Gasteiger partial charge is 0.122 e. The highest BCUT2D eigenvalue weighted by molar-refractivity contribution is 9.10. The van der Waals surface area contributed by atoms with Crippen LogP contribution in [0.15, 0.2) is 22.7 Å². The maximum Gasteiger partial charge on any atom is 0.122 e. The Morgan fingerprint density at radius 2 is 2.29 bits per heavy atom. The summed E-state index contributed by atoms with van der Waals surface area (Å²) in [4.78, 5) is 0. The maximum atomic E-state index is 9.20. The number of hydrogen-bond donors (Lipinski definition) is 1. The molecule has 1 unspecified atom stereocenters. The molecule has 0 aliphatic rings. The first-order valence-corrected chi connectivity index (χ1v) is 5.59. The third-order valence-electron chi connectivity index (χ3n) is 1.75. The Balaban J connectivity index is 2.59. The number of halogens is 2. The van der Waals surface area contributed by atoms with Gasteiger partial charge in [-0.15, -0.1) is 11.6 Å². The van der Waals surface area contributed by atoms with Crippen LogP contribution in [-0.4, -0.2) is 23.7 Å². The van der Waals surface area contributed by atoms with E-state index < -0.39 is 6.10 Å². The minimum absolute atomic E-state index is 0.190. The Kier molecular flexibility index (Phi) is 4.72. The van der Waals surface area contributed by atoms with Crippen LogP contribution in [-0.2, 0) is 0 Å². The third-order valence-corrected chi connectivity index (χ3v) is 2.60. The first-order chi connectivity index (χ1) is 6.63. The lowest BCUT2D eigenvalue weighted by Gasteiger charge is -2.11. The van der Waals surface area contributed by atoms with Crippen LogP contribution in [0.4, 0.5) is 0 Å². The summed E-state index contributed by atoms with van der Waals surface area (Å²) >= 11 is 8.81. The summed E-state index contributed by atoms with van der Waals surface area (Å²) in [6.07, 6.45) is -0.611. The van der Waals surface area contributed by atoms with Gasteiger partial charge in [-0.2, -0.15) is 0 Å². The van der Waals surface area contributed by atoms with Gasteiger partial charge in [-0.1, -0.05) is 15.9 Å². The van der Waals surface area contributed by atoms with E-state index in [2.05, 4.69) is 15.9 Å². The van der Waals surface area contributed by atoms with Gasteiger partial charge in [0.1, 0.15) is 18.5 Å². The fourth-order valence-corrected chi connectivity index (χ4v) is 1.57. The van der Waals surface area contributed by atoms with Gasteiger partial charge in [-0.25, -0.2) is 0 Å². The van der Waals surface area contributed by atoms with E-state index in [9.17, 15) is 5.11 Å². The molecule has 1 rings (SSSR count). The summed E-state index contributed by atoms with van der Waals surface area (Å²) in [5, 5.41) is 9.20. The molecule has 0 aromatic heterocycles. The second-order valence-corrected chi connectivity index (χ2v) is 4.25. The summed E-state index contributed by atoms with van der Waals surface area (Å²) in [5.41, 5.74) is 1.03. The molecule has 14 heavy (non-hydrogen) atoms. The summed E-state index contributed by atoms with van der Waals surface area (Å²) in [6, 6.07) is 5.72. The number of hydrogen-bond acceptors (Lipinski definition) is 2. The van der Waals surface area contributed by atoms with Crippen molar-refractivity contribution in [2.45, 2.75) is 13.0 Å². The van der Waals surface area contributed by atoms with Gasteiger partial charge in [-0.3, -0.25) is 0 Å². The normalized spacial score (nSPS) is 12.6. The van der Waals surface area contributed by atoms with E-state index in [0.29, 0.717) is 0 Å². The van der Waals surface area contributed by atoms with Crippen LogP contribution in [0.2, 0.25) is 0 Å². The number of aliphatic hydroxyl groups is 1. The average molecular weight is 280 g/mol. The number of ether oxygens (including phenoxy) is 1. The van der Waals surface area contributed by atoms with Crippen LogP contribution in [0.1, 0.15) is 5.56 Å². The van der Waals surface area contributed by atoms with E-state index >= 15 is 0 Å². The van der Waals surface area contributed by atoms with E-state index in [4.69, 9.17) is 16.3 Å². The van der Waals surface area contributed by atoms with Gasteiger partial charge in [0.2, 0.25) is 0 Å².